The zero-order chi connectivity index (χ0) is 13.1. The van der Waals surface area contributed by atoms with Gasteiger partial charge in [-0.15, -0.1) is 0 Å². The Labute approximate surface area is 110 Å². The maximum Gasteiger partial charge on any atom is 0.133 e. The molecular formula is C14H12ClFO2. The van der Waals surface area contributed by atoms with Gasteiger partial charge in [-0.1, -0.05) is 17.7 Å². The topological polar surface area (TPSA) is 29.5 Å². The second-order valence-electron chi connectivity index (χ2n) is 3.92. The fraction of sp³-hybridized carbons (Fsp3) is 0.143. The molecule has 2 aromatic rings. The lowest BCUT2D eigenvalue weighted by Gasteiger charge is -2.10. The molecule has 1 N–H and O–H groups in total. The largest absolute Gasteiger partial charge is 0.457 e. The first-order valence-electron chi connectivity index (χ1n) is 5.43. The Balaban J connectivity index is 2.30. The molecule has 0 radical (unpaired) electrons. The van der Waals surface area contributed by atoms with E-state index in [1.165, 1.54) is 6.07 Å². The number of aliphatic hydroxyl groups excluding tert-OH is 1. The van der Waals surface area contributed by atoms with Crippen molar-refractivity contribution in [3.63, 3.8) is 0 Å². The molecule has 0 aliphatic carbocycles. The van der Waals surface area contributed by atoms with Crippen molar-refractivity contribution in [2.75, 3.05) is 0 Å². The molecule has 2 rings (SSSR count). The smallest absolute Gasteiger partial charge is 0.133 e. The van der Waals surface area contributed by atoms with Crippen molar-refractivity contribution in [1.82, 2.24) is 0 Å². The summed E-state index contributed by atoms with van der Waals surface area (Å²) in [5, 5.41) is 9.72. The number of benzene rings is 2. The predicted molar refractivity (Wildman–Crippen MR) is 68.6 cm³/mol. The molecule has 0 heterocycles. The average Bonchev–Trinajstić information content (AvgIpc) is 2.36. The fourth-order valence-corrected chi connectivity index (χ4v) is 1.73. The normalized spacial score (nSPS) is 10.4. The zero-order valence-electron chi connectivity index (χ0n) is 9.78. The van der Waals surface area contributed by atoms with Gasteiger partial charge in [-0.3, -0.25) is 0 Å². The number of hydrogen-bond acceptors (Lipinski definition) is 2. The Morgan fingerprint density at radius 3 is 2.67 bits per heavy atom. The lowest BCUT2D eigenvalue weighted by atomic mass is 10.2. The molecule has 0 atom stereocenters. The van der Waals surface area contributed by atoms with Gasteiger partial charge < -0.3 is 9.84 Å². The molecule has 0 aromatic heterocycles. The molecule has 0 aliphatic rings. The fourth-order valence-electron chi connectivity index (χ4n) is 1.54. The Morgan fingerprint density at radius 2 is 2.00 bits per heavy atom. The van der Waals surface area contributed by atoms with Gasteiger partial charge in [0, 0.05) is 16.7 Å². The molecule has 18 heavy (non-hydrogen) atoms. The highest BCUT2D eigenvalue weighted by Gasteiger charge is 2.06. The summed E-state index contributed by atoms with van der Waals surface area (Å²) in [6, 6.07) is 9.53. The zero-order valence-corrected chi connectivity index (χ0v) is 10.5. The van der Waals surface area contributed by atoms with Gasteiger partial charge in [-0.05, 0) is 36.8 Å². The SMILES string of the molecule is Cc1ccc(Oc2ccc(Cl)cc2CO)cc1F. The number of ether oxygens (including phenoxy) is 1. The van der Waals surface area contributed by atoms with E-state index in [0.29, 0.717) is 27.6 Å². The van der Waals surface area contributed by atoms with Crippen LogP contribution in [-0.4, -0.2) is 5.11 Å². The van der Waals surface area contributed by atoms with Gasteiger partial charge in [0.1, 0.15) is 17.3 Å². The van der Waals surface area contributed by atoms with Gasteiger partial charge >= 0.3 is 0 Å². The van der Waals surface area contributed by atoms with Crippen LogP contribution < -0.4 is 4.74 Å². The summed E-state index contributed by atoms with van der Waals surface area (Å²) in [6.45, 7) is 1.49. The van der Waals surface area contributed by atoms with Crippen LogP contribution in [0.3, 0.4) is 0 Å². The molecule has 4 heteroatoms. The summed E-state index contributed by atoms with van der Waals surface area (Å²) in [4.78, 5) is 0. The minimum Gasteiger partial charge on any atom is -0.457 e. The number of aliphatic hydroxyl groups is 1. The van der Waals surface area contributed by atoms with Crippen LogP contribution in [-0.2, 0) is 6.61 Å². The van der Waals surface area contributed by atoms with E-state index in [9.17, 15) is 9.50 Å². The Morgan fingerprint density at radius 1 is 1.22 bits per heavy atom. The van der Waals surface area contributed by atoms with Crippen LogP contribution in [0.4, 0.5) is 4.39 Å². The van der Waals surface area contributed by atoms with E-state index in [1.807, 2.05) is 0 Å². The minimum absolute atomic E-state index is 0.190. The van der Waals surface area contributed by atoms with Gasteiger partial charge in [0.25, 0.3) is 0 Å². The first-order valence-corrected chi connectivity index (χ1v) is 5.81. The van der Waals surface area contributed by atoms with E-state index in [4.69, 9.17) is 16.3 Å². The van der Waals surface area contributed by atoms with Crippen LogP contribution >= 0.6 is 11.6 Å². The van der Waals surface area contributed by atoms with E-state index < -0.39 is 0 Å². The van der Waals surface area contributed by atoms with Crippen LogP contribution in [0, 0.1) is 12.7 Å². The van der Waals surface area contributed by atoms with Crippen molar-refractivity contribution in [2.24, 2.45) is 0 Å². The number of halogens is 2. The second kappa shape index (κ2) is 5.38. The van der Waals surface area contributed by atoms with Crippen LogP contribution in [0.25, 0.3) is 0 Å². The van der Waals surface area contributed by atoms with E-state index in [2.05, 4.69) is 0 Å². The molecule has 0 aliphatic heterocycles. The van der Waals surface area contributed by atoms with Gasteiger partial charge in [0.15, 0.2) is 0 Å². The second-order valence-corrected chi connectivity index (χ2v) is 4.36. The van der Waals surface area contributed by atoms with Crippen molar-refractivity contribution in [3.05, 3.63) is 58.4 Å². The number of hydrogen-bond donors (Lipinski definition) is 1. The quantitative estimate of drug-likeness (QED) is 0.907. The maximum absolute atomic E-state index is 13.4. The van der Waals surface area contributed by atoms with Gasteiger partial charge in [-0.2, -0.15) is 0 Å². The predicted octanol–water partition coefficient (Wildman–Crippen LogP) is 4.07. The van der Waals surface area contributed by atoms with Crippen molar-refractivity contribution < 1.29 is 14.2 Å². The molecule has 0 spiro atoms. The highest BCUT2D eigenvalue weighted by Crippen LogP contribution is 2.28. The minimum atomic E-state index is -0.327. The summed E-state index contributed by atoms with van der Waals surface area (Å²) in [5.41, 5.74) is 1.12. The van der Waals surface area contributed by atoms with E-state index in [-0.39, 0.29) is 12.4 Å². The maximum atomic E-state index is 13.4. The molecule has 0 amide bonds. The van der Waals surface area contributed by atoms with Crippen LogP contribution in [0.2, 0.25) is 5.02 Å². The number of aryl methyl sites for hydroxylation is 1. The average molecular weight is 267 g/mol. The molecule has 2 aromatic carbocycles. The van der Waals surface area contributed by atoms with Crippen molar-refractivity contribution in [3.8, 4) is 11.5 Å². The lowest BCUT2D eigenvalue weighted by molar-refractivity contribution is 0.276. The van der Waals surface area contributed by atoms with Crippen molar-refractivity contribution in [1.29, 1.82) is 0 Å². The summed E-state index contributed by atoms with van der Waals surface area (Å²) < 4.78 is 18.9. The van der Waals surface area contributed by atoms with Crippen molar-refractivity contribution >= 4 is 11.6 Å². The first-order chi connectivity index (χ1) is 8.60. The van der Waals surface area contributed by atoms with E-state index >= 15 is 0 Å². The molecule has 0 unspecified atom stereocenters. The lowest BCUT2D eigenvalue weighted by Crippen LogP contribution is -1.93. The molecule has 2 nitrogen and oxygen atoms in total. The van der Waals surface area contributed by atoms with Crippen LogP contribution in [0.15, 0.2) is 36.4 Å². The summed E-state index contributed by atoms with van der Waals surface area (Å²) in [5.74, 6) is 0.521. The number of rotatable bonds is 3. The van der Waals surface area contributed by atoms with Crippen LogP contribution in [0.5, 0.6) is 11.5 Å². The highest BCUT2D eigenvalue weighted by molar-refractivity contribution is 6.30. The summed E-state index contributed by atoms with van der Waals surface area (Å²) in [6.07, 6.45) is 0. The molecule has 0 fully saturated rings. The van der Waals surface area contributed by atoms with Gasteiger partial charge in [0.05, 0.1) is 6.61 Å². The molecule has 94 valence electrons. The molecule has 0 saturated carbocycles. The third-order valence-corrected chi connectivity index (χ3v) is 2.80. The Kier molecular flexibility index (Phi) is 3.84. The summed E-state index contributed by atoms with van der Waals surface area (Å²) >= 11 is 5.82. The molecule has 0 bridgehead atoms. The molecule has 0 saturated heterocycles. The first kappa shape index (κ1) is 12.9. The van der Waals surface area contributed by atoms with E-state index in [1.54, 1.807) is 37.3 Å². The van der Waals surface area contributed by atoms with E-state index in [0.717, 1.165) is 0 Å². The van der Waals surface area contributed by atoms with Crippen LogP contribution in [0.1, 0.15) is 11.1 Å². The van der Waals surface area contributed by atoms with Gasteiger partial charge in [0.2, 0.25) is 0 Å². The molecular weight excluding hydrogens is 255 g/mol. The Bertz CT molecular complexity index is 570. The standard InChI is InChI=1S/C14H12ClFO2/c1-9-2-4-12(7-13(9)16)18-14-5-3-11(15)6-10(14)8-17/h2-7,17H,8H2,1H3. The highest BCUT2D eigenvalue weighted by atomic mass is 35.5. The summed E-state index contributed by atoms with van der Waals surface area (Å²) in [7, 11) is 0. The monoisotopic (exact) mass is 266 g/mol. The Hall–Kier alpha value is -1.58. The third kappa shape index (κ3) is 2.81. The third-order valence-electron chi connectivity index (χ3n) is 2.56. The van der Waals surface area contributed by atoms with Crippen molar-refractivity contribution in [2.45, 2.75) is 13.5 Å². The van der Waals surface area contributed by atoms with Gasteiger partial charge in [-0.25, -0.2) is 4.39 Å².